The quantitative estimate of drug-likeness (QED) is 0.748. The molecule has 24 heavy (non-hydrogen) atoms. The molecule has 0 aliphatic carbocycles. The van der Waals surface area contributed by atoms with Crippen LogP contribution >= 0.6 is 11.6 Å². The van der Waals surface area contributed by atoms with E-state index in [1.165, 1.54) is 5.56 Å². The number of carbonyl (C=O) groups is 1. The van der Waals surface area contributed by atoms with E-state index in [4.69, 9.17) is 11.6 Å². The average Bonchev–Trinajstić information content (AvgIpc) is 2.88. The molecule has 0 unspecified atom stereocenters. The zero-order valence-corrected chi connectivity index (χ0v) is 15.0. The van der Waals surface area contributed by atoms with E-state index in [1.54, 1.807) is 22.7 Å². The molecule has 0 spiro atoms. The van der Waals surface area contributed by atoms with Gasteiger partial charge in [-0.25, -0.2) is 4.98 Å². The third-order valence-electron chi connectivity index (χ3n) is 4.13. The summed E-state index contributed by atoms with van der Waals surface area (Å²) >= 11 is 6.04. The highest BCUT2D eigenvalue weighted by atomic mass is 35.5. The molecule has 0 aliphatic heterocycles. The molecule has 0 bridgehead atoms. The van der Waals surface area contributed by atoms with Crippen molar-refractivity contribution in [2.24, 2.45) is 0 Å². The van der Waals surface area contributed by atoms with Gasteiger partial charge < -0.3 is 5.32 Å². The SMILES string of the molecule is CCc1nc2cc(Cl)ccn2c1C(=O)Nc1c(C)cc(C)cc1C. The van der Waals surface area contributed by atoms with Gasteiger partial charge in [0.25, 0.3) is 5.91 Å². The minimum absolute atomic E-state index is 0.156. The van der Waals surface area contributed by atoms with Crippen LogP contribution in [0.1, 0.15) is 39.8 Å². The van der Waals surface area contributed by atoms with Crippen molar-refractivity contribution in [2.75, 3.05) is 5.32 Å². The highest BCUT2D eigenvalue weighted by molar-refractivity contribution is 6.30. The number of halogens is 1. The average molecular weight is 342 g/mol. The number of aromatic nitrogens is 2. The number of hydrogen-bond donors (Lipinski definition) is 1. The molecule has 0 saturated heterocycles. The van der Waals surface area contributed by atoms with Crippen LogP contribution in [0.4, 0.5) is 5.69 Å². The van der Waals surface area contributed by atoms with Crippen LogP contribution in [0.3, 0.4) is 0 Å². The van der Waals surface area contributed by atoms with E-state index in [0.29, 0.717) is 22.8 Å². The Morgan fingerprint density at radius 1 is 1.21 bits per heavy atom. The highest BCUT2D eigenvalue weighted by Gasteiger charge is 2.19. The number of pyridine rings is 1. The van der Waals surface area contributed by atoms with Crippen LogP contribution in [0.5, 0.6) is 0 Å². The van der Waals surface area contributed by atoms with Gasteiger partial charge in [0.15, 0.2) is 0 Å². The van der Waals surface area contributed by atoms with Gasteiger partial charge in [0.1, 0.15) is 11.3 Å². The molecular formula is C19H20ClN3O. The molecule has 1 amide bonds. The molecule has 0 fully saturated rings. The summed E-state index contributed by atoms with van der Waals surface area (Å²) < 4.78 is 1.79. The molecule has 4 nitrogen and oxygen atoms in total. The molecule has 5 heteroatoms. The van der Waals surface area contributed by atoms with E-state index in [1.807, 2.05) is 20.8 Å². The lowest BCUT2D eigenvalue weighted by atomic mass is 10.0. The molecule has 2 aromatic heterocycles. The summed E-state index contributed by atoms with van der Waals surface area (Å²) in [5.41, 5.74) is 6.15. The Hall–Kier alpha value is -2.33. The summed E-state index contributed by atoms with van der Waals surface area (Å²) in [4.78, 5) is 17.5. The molecule has 1 aromatic carbocycles. The molecule has 124 valence electrons. The van der Waals surface area contributed by atoms with E-state index in [9.17, 15) is 4.79 Å². The first-order chi connectivity index (χ1) is 11.4. The maximum atomic E-state index is 12.9. The lowest BCUT2D eigenvalue weighted by Gasteiger charge is -2.13. The molecule has 0 aliphatic rings. The van der Waals surface area contributed by atoms with Gasteiger partial charge in [-0.3, -0.25) is 9.20 Å². The summed E-state index contributed by atoms with van der Waals surface area (Å²) in [5.74, 6) is -0.156. The minimum Gasteiger partial charge on any atom is -0.320 e. The topological polar surface area (TPSA) is 46.4 Å². The fourth-order valence-corrected chi connectivity index (χ4v) is 3.26. The van der Waals surface area contributed by atoms with Gasteiger partial charge in [-0.05, 0) is 44.4 Å². The van der Waals surface area contributed by atoms with Crippen LogP contribution in [0.25, 0.3) is 5.65 Å². The lowest BCUT2D eigenvalue weighted by molar-refractivity contribution is 0.102. The maximum absolute atomic E-state index is 12.9. The van der Waals surface area contributed by atoms with Gasteiger partial charge in [-0.2, -0.15) is 0 Å². The van der Waals surface area contributed by atoms with Crippen LogP contribution in [0.15, 0.2) is 30.5 Å². The number of anilines is 1. The molecule has 3 aromatic rings. The first-order valence-corrected chi connectivity index (χ1v) is 8.34. The number of hydrogen-bond acceptors (Lipinski definition) is 2. The smallest absolute Gasteiger partial charge is 0.274 e. The fraction of sp³-hybridized carbons (Fsp3) is 0.263. The van der Waals surface area contributed by atoms with E-state index >= 15 is 0 Å². The first kappa shape index (κ1) is 16.5. The predicted octanol–water partition coefficient (Wildman–Crippen LogP) is 4.73. The number of rotatable bonds is 3. The molecule has 3 rings (SSSR count). The Labute approximate surface area is 146 Å². The number of fused-ring (bicyclic) bond motifs is 1. The van der Waals surface area contributed by atoms with Gasteiger partial charge >= 0.3 is 0 Å². The van der Waals surface area contributed by atoms with E-state index in [2.05, 4.69) is 29.4 Å². The van der Waals surface area contributed by atoms with Crippen molar-refractivity contribution in [3.05, 3.63) is 63.6 Å². The molecule has 0 radical (unpaired) electrons. The summed E-state index contributed by atoms with van der Waals surface area (Å²) in [5, 5.41) is 3.66. The van der Waals surface area contributed by atoms with Crippen molar-refractivity contribution in [3.63, 3.8) is 0 Å². The molecule has 0 atom stereocenters. The zero-order valence-electron chi connectivity index (χ0n) is 14.3. The van der Waals surface area contributed by atoms with Crippen LogP contribution in [-0.4, -0.2) is 15.3 Å². The fourth-order valence-electron chi connectivity index (χ4n) is 3.11. The van der Waals surface area contributed by atoms with E-state index < -0.39 is 0 Å². The number of nitrogens with zero attached hydrogens (tertiary/aromatic N) is 2. The lowest BCUT2D eigenvalue weighted by Crippen LogP contribution is -2.17. The van der Waals surface area contributed by atoms with Gasteiger partial charge in [0.2, 0.25) is 0 Å². The molecular weight excluding hydrogens is 322 g/mol. The second kappa shape index (κ2) is 6.29. The summed E-state index contributed by atoms with van der Waals surface area (Å²) in [7, 11) is 0. The number of carbonyl (C=O) groups excluding carboxylic acids is 1. The van der Waals surface area contributed by atoms with Crippen LogP contribution in [0, 0.1) is 20.8 Å². The normalized spacial score (nSPS) is 11.0. The minimum atomic E-state index is -0.156. The van der Waals surface area contributed by atoms with Gasteiger partial charge in [-0.15, -0.1) is 0 Å². The van der Waals surface area contributed by atoms with Crippen molar-refractivity contribution in [1.82, 2.24) is 9.38 Å². The van der Waals surface area contributed by atoms with Crippen LogP contribution in [0.2, 0.25) is 5.02 Å². The standard InChI is InChI=1S/C19H20ClN3O/c1-5-15-18(23-7-6-14(20)10-16(23)21-15)19(24)22-17-12(3)8-11(2)9-13(17)4/h6-10H,5H2,1-4H3,(H,22,24). The van der Waals surface area contributed by atoms with Gasteiger partial charge in [0.05, 0.1) is 5.69 Å². The summed E-state index contributed by atoms with van der Waals surface area (Å²) in [6.45, 7) is 8.05. The summed E-state index contributed by atoms with van der Waals surface area (Å²) in [6, 6.07) is 7.66. The largest absolute Gasteiger partial charge is 0.320 e. The van der Waals surface area contributed by atoms with Crippen molar-refractivity contribution in [1.29, 1.82) is 0 Å². The third kappa shape index (κ3) is 2.89. The van der Waals surface area contributed by atoms with E-state index in [0.717, 1.165) is 22.5 Å². The Kier molecular flexibility index (Phi) is 4.33. The summed E-state index contributed by atoms with van der Waals surface area (Å²) in [6.07, 6.45) is 2.46. The predicted molar refractivity (Wildman–Crippen MR) is 98.2 cm³/mol. The number of benzene rings is 1. The molecule has 2 heterocycles. The maximum Gasteiger partial charge on any atom is 0.274 e. The first-order valence-electron chi connectivity index (χ1n) is 7.96. The Balaban J connectivity index is 2.06. The highest BCUT2D eigenvalue weighted by Crippen LogP contribution is 2.24. The molecule has 0 saturated carbocycles. The number of nitrogens with one attached hydrogen (secondary N) is 1. The van der Waals surface area contributed by atoms with Crippen molar-refractivity contribution in [3.8, 4) is 0 Å². The monoisotopic (exact) mass is 341 g/mol. The Bertz CT molecular complexity index is 920. The second-order valence-electron chi connectivity index (χ2n) is 6.06. The molecule has 1 N–H and O–H groups in total. The van der Waals surface area contributed by atoms with E-state index in [-0.39, 0.29) is 5.91 Å². The van der Waals surface area contributed by atoms with Crippen LogP contribution < -0.4 is 5.32 Å². The third-order valence-corrected chi connectivity index (χ3v) is 4.36. The van der Waals surface area contributed by atoms with Gasteiger partial charge in [0, 0.05) is 23.0 Å². The van der Waals surface area contributed by atoms with Crippen molar-refractivity contribution >= 4 is 28.8 Å². The number of imidazole rings is 1. The van der Waals surface area contributed by atoms with Gasteiger partial charge in [-0.1, -0.05) is 36.2 Å². The Morgan fingerprint density at radius 3 is 2.50 bits per heavy atom. The van der Waals surface area contributed by atoms with Crippen molar-refractivity contribution < 1.29 is 4.79 Å². The number of aryl methyl sites for hydroxylation is 4. The zero-order chi connectivity index (χ0) is 17.4. The van der Waals surface area contributed by atoms with Crippen molar-refractivity contribution in [2.45, 2.75) is 34.1 Å². The number of amides is 1. The van der Waals surface area contributed by atoms with Crippen LogP contribution in [-0.2, 0) is 6.42 Å². The Morgan fingerprint density at radius 2 is 1.88 bits per heavy atom. The second-order valence-corrected chi connectivity index (χ2v) is 6.50.